The molecule has 1 fully saturated rings. The van der Waals surface area contributed by atoms with E-state index in [1.165, 1.54) is 17.9 Å². The van der Waals surface area contributed by atoms with Crippen LogP contribution in [0.25, 0.3) is 0 Å². The highest BCUT2D eigenvalue weighted by atomic mass is 19.1. The third-order valence-electron chi connectivity index (χ3n) is 2.93. The number of hydrogen-bond donors (Lipinski definition) is 1. The Morgan fingerprint density at radius 3 is 2.37 bits per heavy atom. The molecule has 2 rings (SSSR count). The lowest BCUT2D eigenvalue weighted by Gasteiger charge is -2.20. The van der Waals surface area contributed by atoms with Crippen molar-refractivity contribution in [2.24, 2.45) is 0 Å². The Kier molecular flexibility index (Phi) is 3.78. The van der Waals surface area contributed by atoms with E-state index in [2.05, 4.69) is 5.32 Å². The molecule has 1 aromatic rings. The Morgan fingerprint density at radius 1 is 1.32 bits per heavy atom. The fourth-order valence-corrected chi connectivity index (χ4v) is 1.83. The molecule has 102 valence electrons. The molecular formula is C13H14F2N2O2. The van der Waals surface area contributed by atoms with Crippen molar-refractivity contribution >= 4 is 17.5 Å². The Balaban J connectivity index is 2.02. The van der Waals surface area contributed by atoms with Crippen molar-refractivity contribution in [3.05, 3.63) is 29.8 Å². The summed E-state index contributed by atoms with van der Waals surface area (Å²) < 4.78 is 26.7. The summed E-state index contributed by atoms with van der Waals surface area (Å²) in [5.74, 6) is -2.50. The van der Waals surface area contributed by atoms with Crippen molar-refractivity contribution in [3.63, 3.8) is 0 Å². The van der Waals surface area contributed by atoms with Crippen LogP contribution in [0.1, 0.15) is 19.8 Å². The predicted octanol–water partition coefficient (Wildman–Crippen LogP) is 1.91. The third-order valence-corrected chi connectivity index (χ3v) is 2.93. The first kappa shape index (κ1) is 13.5. The molecule has 2 amide bonds. The lowest BCUT2D eigenvalue weighted by molar-refractivity contribution is -0.133. The van der Waals surface area contributed by atoms with Crippen molar-refractivity contribution in [2.75, 3.05) is 11.9 Å². The van der Waals surface area contributed by atoms with Gasteiger partial charge in [-0.15, -0.1) is 0 Å². The molecule has 0 radical (unpaired) electrons. The van der Waals surface area contributed by atoms with Crippen molar-refractivity contribution in [2.45, 2.75) is 25.8 Å². The fourth-order valence-electron chi connectivity index (χ4n) is 1.83. The minimum absolute atomic E-state index is 0.0775. The third kappa shape index (κ3) is 3.27. The van der Waals surface area contributed by atoms with Crippen LogP contribution in [0.5, 0.6) is 0 Å². The molecule has 0 unspecified atom stereocenters. The van der Waals surface area contributed by atoms with Crippen LogP contribution in [0, 0.1) is 11.6 Å². The average molecular weight is 268 g/mol. The number of nitrogens with zero attached hydrogens (tertiary/aromatic N) is 1. The first-order chi connectivity index (χ1) is 8.99. The van der Waals surface area contributed by atoms with Crippen molar-refractivity contribution in [1.82, 2.24) is 4.90 Å². The van der Waals surface area contributed by atoms with Gasteiger partial charge in [0.25, 0.3) is 0 Å². The zero-order valence-electron chi connectivity index (χ0n) is 10.5. The fraction of sp³-hybridized carbons (Fsp3) is 0.385. The van der Waals surface area contributed by atoms with Crippen LogP contribution < -0.4 is 5.32 Å². The molecule has 1 aromatic carbocycles. The molecule has 0 aromatic heterocycles. The Morgan fingerprint density at radius 2 is 1.89 bits per heavy atom. The lowest BCUT2D eigenvalue weighted by Crippen LogP contribution is -2.38. The second kappa shape index (κ2) is 5.34. The summed E-state index contributed by atoms with van der Waals surface area (Å²) in [6.07, 6.45) is 1.72. The molecule has 1 saturated carbocycles. The summed E-state index contributed by atoms with van der Waals surface area (Å²) in [5.41, 5.74) is -0.480. The Labute approximate surface area is 109 Å². The maximum absolute atomic E-state index is 13.3. The number of anilines is 1. The van der Waals surface area contributed by atoms with E-state index in [1.807, 2.05) is 0 Å². The van der Waals surface area contributed by atoms with Crippen molar-refractivity contribution in [3.8, 4) is 0 Å². The van der Waals surface area contributed by atoms with E-state index in [4.69, 9.17) is 0 Å². The molecular weight excluding hydrogens is 254 g/mol. The SMILES string of the molecule is CC(=O)N(CC(=O)Nc1c(F)cccc1F)C1CC1. The van der Waals surface area contributed by atoms with E-state index in [9.17, 15) is 18.4 Å². The number of benzene rings is 1. The monoisotopic (exact) mass is 268 g/mol. The number of hydrogen-bond acceptors (Lipinski definition) is 2. The number of rotatable bonds is 4. The molecule has 0 atom stereocenters. The molecule has 1 N–H and O–H groups in total. The highest BCUT2D eigenvalue weighted by Crippen LogP contribution is 2.26. The van der Waals surface area contributed by atoms with Gasteiger partial charge in [-0.25, -0.2) is 8.78 Å². The normalized spacial score (nSPS) is 14.1. The van der Waals surface area contributed by atoms with E-state index in [-0.39, 0.29) is 18.5 Å². The van der Waals surface area contributed by atoms with Crippen LogP contribution >= 0.6 is 0 Å². The maximum Gasteiger partial charge on any atom is 0.244 e. The van der Waals surface area contributed by atoms with E-state index in [0.717, 1.165) is 25.0 Å². The molecule has 0 bridgehead atoms. The molecule has 0 spiro atoms. The van der Waals surface area contributed by atoms with Gasteiger partial charge < -0.3 is 10.2 Å². The van der Waals surface area contributed by atoms with Gasteiger partial charge in [-0.3, -0.25) is 9.59 Å². The van der Waals surface area contributed by atoms with Crippen molar-refractivity contribution < 1.29 is 18.4 Å². The van der Waals surface area contributed by atoms with Crippen LogP contribution in [0.4, 0.5) is 14.5 Å². The quantitative estimate of drug-likeness (QED) is 0.907. The second-order valence-electron chi connectivity index (χ2n) is 4.52. The second-order valence-corrected chi connectivity index (χ2v) is 4.52. The van der Waals surface area contributed by atoms with E-state index in [0.29, 0.717) is 0 Å². The van der Waals surface area contributed by atoms with E-state index < -0.39 is 23.2 Å². The zero-order valence-corrected chi connectivity index (χ0v) is 10.5. The standard InChI is InChI=1S/C13H14F2N2O2/c1-8(18)17(9-5-6-9)7-12(19)16-13-10(14)3-2-4-11(13)15/h2-4,9H,5-7H2,1H3,(H,16,19). The van der Waals surface area contributed by atoms with Gasteiger partial charge >= 0.3 is 0 Å². The molecule has 1 aliphatic carbocycles. The average Bonchev–Trinajstić information content (AvgIpc) is 3.15. The first-order valence-electron chi connectivity index (χ1n) is 6.00. The lowest BCUT2D eigenvalue weighted by atomic mass is 10.3. The van der Waals surface area contributed by atoms with E-state index in [1.54, 1.807) is 0 Å². The van der Waals surface area contributed by atoms with Gasteiger partial charge in [0.2, 0.25) is 11.8 Å². The molecule has 0 saturated heterocycles. The summed E-state index contributed by atoms with van der Waals surface area (Å²) in [6, 6.07) is 3.41. The molecule has 6 heteroatoms. The number of carbonyl (C=O) groups excluding carboxylic acids is 2. The van der Waals surface area contributed by atoms with Crippen LogP contribution in [-0.2, 0) is 9.59 Å². The Bertz CT molecular complexity index is 495. The summed E-state index contributed by atoms with van der Waals surface area (Å²) in [6.45, 7) is 1.18. The summed E-state index contributed by atoms with van der Waals surface area (Å²) in [5, 5.41) is 2.16. The van der Waals surface area contributed by atoms with Gasteiger partial charge in [-0.1, -0.05) is 6.07 Å². The number of nitrogens with one attached hydrogen (secondary N) is 1. The van der Waals surface area contributed by atoms with Gasteiger partial charge in [0.15, 0.2) is 0 Å². The van der Waals surface area contributed by atoms with Gasteiger partial charge in [0, 0.05) is 13.0 Å². The molecule has 1 aliphatic rings. The van der Waals surface area contributed by atoms with Gasteiger partial charge in [-0.2, -0.15) is 0 Å². The number of halogens is 2. The maximum atomic E-state index is 13.3. The van der Waals surface area contributed by atoms with Gasteiger partial charge in [0.1, 0.15) is 23.9 Å². The van der Waals surface area contributed by atoms with Crippen LogP contribution in [0.2, 0.25) is 0 Å². The zero-order chi connectivity index (χ0) is 14.0. The summed E-state index contributed by atoms with van der Waals surface area (Å²) in [4.78, 5) is 24.5. The van der Waals surface area contributed by atoms with Crippen LogP contribution in [0.3, 0.4) is 0 Å². The number of carbonyl (C=O) groups is 2. The number of para-hydroxylation sites is 1. The largest absolute Gasteiger partial charge is 0.331 e. The summed E-state index contributed by atoms with van der Waals surface area (Å²) >= 11 is 0. The topological polar surface area (TPSA) is 49.4 Å². The minimum Gasteiger partial charge on any atom is -0.331 e. The summed E-state index contributed by atoms with van der Waals surface area (Å²) in [7, 11) is 0. The van der Waals surface area contributed by atoms with Crippen LogP contribution in [0.15, 0.2) is 18.2 Å². The molecule has 0 aliphatic heterocycles. The van der Waals surface area contributed by atoms with Crippen LogP contribution in [-0.4, -0.2) is 29.3 Å². The highest BCUT2D eigenvalue weighted by Gasteiger charge is 2.32. The smallest absolute Gasteiger partial charge is 0.244 e. The van der Waals surface area contributed by atoms with Gasteiger partial charge in [-0.05, 0) is 25.0 Å². The first-order valence-corrected chi connectivity index (χ1v) is 6.00. The minimum atomic E-state index is -0.839. The molecule has 0 heterocycles. The number of amides is 2. The van der Waals surface area contributed by atoms with Crippen molar-refractivity contribution in [1.29, 1.82) is 0 Å². The molecule has 4 nitrogen and oxygen atoms in total. The van der Waals surface area contributed by atoms with E-state index >= 15 is 0 Å². The predicted molar refractivity (Wildman–Crippen MR) is 65.4 cm³/mol. The Hall–Kier alpha value is -1.98. The highest BCUT2D eigenvalue weighted by molar-refractivity contribution is 5.94. The molecule has 19 heavy (non-hydrogen) atoms. The van der Waals surface area contributed by atoms with Gasteiger partial charge in [0.05, 0.1) is 0 Å².